The number of hydrogen-bond acceptors (Lipinski definition) is 0. The van der Waals surface area contributed by atoms with E-state index in [1.807, 2.05) is 12.1 Å². The molecule has 2 aromatic carbocycles. The lowest BCUT2D eigenvalue weighted by Crippen LogP contribution is -2.37. The molecule has 0 radical (unpaired) electrons. The third kappa shape index (κ3) is 3.91. The first-order valence-electron chi connectivity index (χ1n) is 8.73. The van der Waals surface area contributed by atoms with Crippen LogP contribution in [0.3, 0.4) is 0 Å². The molecule has 2 heterocycles. The summed E-state index contributed by atoms with van der Waals surface area (Å²) in [6, 6.07) is 18.9. The first-order chi connectivity index (χ1) is 11.8. The summed E-state index contributed by atoms with van der Waals surface area (Å²) in [4.78, 5) is 0. The van der Waals surface area contributed by atoms with Crippen molar-refractivity contribution in [3.8, 4) is 11.3 Å². The molecule has 3 aromatic rings. The van der Waals surface area contributed by atoms with Gasteiger partial charge in [0, 0.05) is 17.0 Å². The van der Waals surface area contributed by atoms with E-state index in [4.69, 9.17) is 11.6 Å². The minimum Gasteiger partial charge on any atom is -0.229 e. The Morgan fingerprint density at radius 2 is 1.68 bits per heavy atom. The second-order valence-electron chi connectivity index (χ2n) is 6.51. The molecule has 0 N–H and O–H groups in total. The third-order valence-electron chi connectivity index (χ3n) is 4.83. The highest BCUT2D eigenvalue weighted by Crippen LogP contribution is 2.24. The van der Waals surface area contributed by atoms with Crippen molar-refractivity contribution in [2.24, 2.45) is 0 Å². The fourth-order valence-corrected chi connectivity index (χ4v) is 3.73. The molecule has 4 heteroatoms. The fraction of sp³-hybridized carbons (Fsp3) is 0.286. The summed E-state index contributed by atoms with van der Waals surface area (Å²) in [5.74, 6) is 1.45. The van der Waals surface area contributed by atoms with Gasteiger partial charge in [-0.25, -0.2) is 9.13 Å². The van der Waals surface area contributed by atoms with Crippen molar-refractivity contribution in [3.05, 3.63) is 77.2 Å². The van der Waals surface area contributed by atoms with Crippen molar-refractivity contribution < 1.29 is 4.57 Å². The van der Waals surface area contributed by atoms with Crippen molar-refractivity contribution in [1.29, 1.82) is 0 Å². The highest BCUT2D eigenvalue weighted by atomic mass is 35.5. The van der Waals surface area contributed by atoms with Gasteiger partial charge in [-0.1, -0.05) is 54.1 Å². The molecular formula is C21H23Cl2N2+. The summed E-state index contributed by atoms with van der Waals surface area (Å²) >= 11 is 6.02. The Kier molecular flexibility index (Phi) is 5.82. The van der Waals surface area contributed by atoms with Crippen LogP contribution in [0.15, 0.2) is 60.8 Å². The number of fused-ring (bicyclic) bond motifs is 1. The molecule has 0 unspecified atom stereocenters. The van der Waals surface area contributed by atoms with Crippen LogP contribution in [-0.2, 0) is 19.5 Å². The summed E-state index contributed by atoms with van der Waals surface area (Å²) in [6.45, 7) is 2.02. The summed E-state index contributed by atoms with van der Waals surface area (Å²) in [5, 5.41) is 0.796. The van der Waals surface area contributed by atoms with Gasteiger partial charge < -0.3 is 0 Å². The first kappa shape index (κ1) is 18.0. The SMILES string of the molecule is Cl.Clc1ccc(C[n+]2cc(-c3ccccc3)n3c2CCCCC3)cc1. The average Bonchev–Trinajstić information content (AvgIpc) is 2.80. The van der Waals surface area contributed by atoms with Crippen LogP contribution >= 0.6 is 24.0 Å². The zero-order valence-corrected chi connectivity index (χ0v) is 15.8. The lowest BCUT2D eigenvalue weighted by Gasteiger charge is -2.03. The van der Waals surface area contributed by atoms with Gasteiger partial charge in [0.2, 0.25) is 0 Å². The van der Waals surface area contributed by atoms with Crippen molar-refractivity contribution >= 4 is 24.0 Å². The van der Waals surface area contributed by atoms with E-state index in [-0.39, 0.29) is 12.4 Å². The molecule has 0 bridgehead atoms. The van der Waals surface area contributed by atoms with E-state index in [9.17, 15) is 0 Å². The lowest BCUT2D eigenvalue weighted by molar-refractivity contribution is -0.695. The Hall–Kier alpha value is -1.77. The van der Waals surface area contributed by atoms with E-state index in [1.165, 1.54) is 41.9 Å². The quantitative estimate of drug-likeness (QED) is 0.551. The van der Waals surface area contributed by atoms with Gasteiger partial charge >= 0.3 is 0 Å². The van der Waals surface area contributed by atoms with E-state index in [0.717, 1.165) is 24.5 Å². The first-order valence-corrected chi connectivity index (χ1v) is 9.11. The zero-order chi connectivity index (χ0) is 16.4. The predicted octanol–water partition coefficient (Wildman–Crippen LogP) is 5.29. The summed E-state index contributed by atoms with van der Waals surface area (Å²) in [6.07, 6.45) is 7.34. The molecule has 130 valence electrons. The molecule has 0 aliphatic carbocycles. The molecule has 0 fully saturated rings. The molecule has 0 spiro atoms. The van der Waals surface area contributed by atoms with E-state index in [2.05, 4.69) is 57.8 Å². The Morgan fingerprint density at radius 1 is 0.920 bits per heavy atom. The van der Waals surface area contributed by atoms with Gasteiger partial charge in [-0.15, -0.1) is 12.4 Å². The predicted molar refractivity (Wildman–Crippen MR) is 105 cm³/mol. The number of halogens is 2. The van der Waals surface area contributed by atoms with Crippen molar-refractivity contribution in [2.75, 3.05) is 0 Å². The molecule has 4 rings (SSSR count). The topological polar surface area (TPSA) is 8.81 Å². The summed E-state index contributed by atoms with van der Waals surface area (Å²) in [7, 11) is 0. The number of rotatable bonds is 3. The van der Waals surface area contributed by atoms with Crippen molar-refractivity contribution in [2.45, 2.75) is 38.8 Å². The van der Waals surface area contributed by atoms with Gasteiger partial charge in [-0.05, 0) is 37.0 Å². The maximum atomic E-state index is 6.02. The molecule has 25 heavy (non-hydrogen) atoms. The van der Waals surface area contributed by atoms with Gasteiger partial charge in [0.25, 0.3) is 5.82 Å². The van der Waals surface area contributed by atoms with Gasteiger partial charge in [-0.2, -0.15) is 0 Å². The summed E-state index contributed by atoms with van der Waals surface area (Å²) in [5.41, 5.74) is 3.93. The Bertz CT molecular complexity index is 823. The maximum Gasteiger partial charge on any atom is 0.257 e. The molecule has 2 nitrogen and oxygen atoms in total. The minimum absolute atomic E-state index is 0. The number of benzene rings is 2. The molecule has 1 aliphatic heterocycles. The monoisotopic (exact) mass is 373 g/mol. The Morgan fingerprint density at radius 3 is 2.44 bits per heavy atom. The van der Waals surface area contributed by atoms with E-state index >= 15 is 0 Å². The zero-order valence-electron chi connectivity index (χ0n) is 14.2. The van der Waals surface area contributed by atoms with Crippen molar-refractivity contribution in [3.63, 3.8) is 0 Å². The number of imidazole rings is 1. The molecular weight excluding hydrogens is 351 g/mol. The van der Waals surface area contributed by atoms with Crippen LogP contribution in [0, 0.1) is 0 Å². The van der Waals surface area contributed by atoms with Crippen LogP contribution in [0.4, 0.5) is 0 Å². The van der Waals surface area contributed by atoms with Crippen LogP contribution in [0.5, 0.6) is 0 Å². The van der Waals surface area contributed by atoms with Gasteiger partial charge in [0.1, 0.15) is 12.7 Å². The number of hydrogen-bond donors (Lipinski definition) is 0. The standard InChI is InChI=1S/C21H22ClN2.ClH/c22-19-12-10-17(11-13-19)15-23-16-20(18-7-3-1-4-8-18)24-14-6-2-5-9-21(23)24;/h1,3-4,7-8,10-13,16H,2,5-6,9,14-15H2;1H/q+1;. The summed E-state index contributed by atoms with van der Waals surface area (Å²) < 4.78 is 4.95. The number of aromatic nitrogens is 2. The van der Waals surface area contributed by atoms with Crippen LogP contribution in [0.1, 0.15) is 30.7 Å². The van der Waals surface area contributed by atoms with E-state index < -0.39 is 0 Å². The largest absolute Gasteiger partial charge is 0.257 e. The third-order valence-corrected chi connectivity index (χ3v) is 5.08. The molecule has 0 amide bonds. The maximum absolute atomic E-state index is 6.02. The highest BCUT2D eigenvalue weighted by Gasteiger charge is 2.25. The average molecular weight is 374 g/mol. The normalized spacial score (nSPS) is 13.6. The number of nitrogens with zero attached hydrogens (tertiary/aromatic N) is 2. The molecule has 0 atom stereocenters. The highest BCUT2D eigenvalue weighted by molar-refractivity contribution is 6.30. The van der Waals surface area contributed by atoms with Gasteiger partial charge in [0.15, 0.2) is 5.69 Å². The second-order valence-corrected chi connectivity index (χ2v) is 6.95. The van der Waals surface area contributed by atoms with Gasteiger partial charge in [-0.3, -0.25) is 0 Å². The Balaban J connectivity index is 0.00000182. The van der Waals surface area contributed by atoms with Crippen LogP contribution in [-0.4, -0.2) is 4.57 Å². The molecule has 0 saturated carbocycles. The second kappa shape index (κ2) is 8.07. The van der Waals surface area contributed by atoms with Gasteiger partial charge in [0.05, 0.1) is 6.54 Å². The lowest BCUT2D eigenvalue weighted by atomic mass is 10.1. The molecule has 1 aromatic heterocycles. The van der Waals surface area contributed by atoms with Crippen LogP contribution in [0.25, 0.3) is 11.3 Å². The fourth-order valence-electron chi connectivity index (χ4n) is 3.61. The van der Waals surface area contributed by atoms with Crippen molar-refractivity contribution in [1.82, 2.24) is 4.57 Å². The minimum atomic E-state index is 0. The van der Waals surface area contributed by atoms with E-state index in [0.29, 0.717) is 0 Å². The smallest absolute Gasteiger partial charge is 0.229 e. The molecule has 1 aliphatic rings. The van der Waals surface area contributed by atoms with Crippen LogP contribution < -0.4 is 4.57 Å². The van der Waals surface area contributed by atoms with E-state index in [1.54, 1.807) is 0 Å². The molecule has 0 saturated heterocycles. The van der Waals surface area contributed by atoms with Crippen LogP contribution in [0.2, 0.25) is 5.02 Å². The Labute approximate surface area is 160 Å².